The Labute approximate surface area is 144 Å². The first kappa shape index (κ1) is 16.6. The zero-order valence-corrected chi connectivity index (χ0v) is 14.0. The normalized spacial score (nSPS) is 23.2. The topological polar surface area (TPSA) is 50.4 Å². The average molecular weight is 326 g/mol. The van der Waals surface area contributed by atoms with E-state index in [4.69, 9.17) is 4.74 Å². The molecule has 1 aromatic carbocycles. The standard InChI is InChI=1S/C20H26N2O2/c23-20(24-15-16-7-3-1-4-8-16)22-19-13-11-18(12-14-19)21-17-9-5-2-6-10-17/h1-5,7-9,18-19,21H,6,10-15H2,(H,22,23). The molecule has 1 amide bonds. The van der Waals surface area contributed by atoms with Gasteiger partial charge in [-0.3, -0.25) is 0 Å². The van der Waals surface area contributed by atoms with Gasteiger partial charge in [0.2, 0.25) is 0 Å². The number of carbonyl (C=O) groups excluding carboxylic acids is 1. The van der Waals surface area contributed by atoms with Gasteiger partial charge in [0.1, 0.15) is 6.61 Å². The summed E-state index contributed by atoms with van der Waals surface area (Å²) in [5.41, 5.74) is 2.35. The average Bonchev–Trinajstić information content (AvgIpc) is 2.63. The van der Waals surface area contributed by atoms with Gasteiger partial charge >= 0.3 is 6.09 Å². The second kappa shape index (κ2) is 8.57. The van der Waals surface area contributed by atoms with E-state index in [2.05, 4.69) is 28.9 Å². The Bertz CT molecular complexity index is 587. The number of benzene rings is 1. The molecule has 0 aromatic heterocycles. The van der Waals surface area contributed by atoms with Gasteiger partial charge in [0.05, 0.1) is 0 Å². The van der Waals surface area contributed by atoms with E-state index in [0.717, 1.165) is 44.1 Å². The number of ether oxygens (including phenoxy) is 1. The first-order valence-electron chi connectivity index (χ1n) is 8.89. The largest absolute Gasteiger partial charge is 0.445 e. The number of rotatable bonds is 5. The molecule has 1 fully saturated rings. The molecular weight excluding hydrogens is 300 g/mol. The van der Waals surface area contributed by atoms with Crippen LogP contribution in [0.3, 0.4) is 0 Å². The lowest BCUT2D eigenvalue weighted by Gasteiger charge is -2.31. The molecule has 24 heavy (non-hydrogen) atoms. The molecule has 0 unspecified atom stereocenters. The molecule has 0 saturated heterocycles. The van der Waals surface area contributed by atoms with Gasteiger partial charge in [-0.2, -0.15) is 0 Å². The summed E-state index contributed by atoms with van der Waals surface area (Å²) in [5, 5.41) is 6.64. The van der Waals surface area contributed by atoms with Crippen LogP contribution in [0, 0.1) is 0 Å². The summed E-state index contributed by atoms with van der Waals surface area (Å²) < 4.78 is 5.30. The van der Waals surface area contributed by atoms with Crippen LogP contribution in [-0.4, -0.2) is 18.2 Å². The molecule has 0 heterocycles. The lowest BCUT2D eigenvalue weighted by molar-refractivity contribution is 0.132. The summed E-state index contributed by atoms with van der Waals surface area (Å²) in [7, 11) is 0. The molecule has 0 bridgehead atoms. The number of allylic oxidation sites excluding steroid dienone is 4. The Hall–Kier alpha value is -2.23. The van der Waals surface area contributed by atoms with Crippen LogP contribution in [0.5, 0.6) is 0 Å². The van der Waals surface area contributed by atoms with Crippen molar-refractivity contribution >= 4 is 6.09 Å². The smallest absolute Gasteiger partial charge is 0.407 e. The molecule has 4 nitrogen and oxygen atoms in total. The minimum atomic E-state index is -0.310. The molecule has 4 heteroatoms. The number of carbonyl (C=O) groups is 1. The molecule has 0 radical (unpaired) electrons. The molecule has 3 rings (SSSR count). The van der Waals surface area contributed by atoms with Crippen LogP contribution in [0.2, 0.25) is 0 Å². The molecule has 0 spiro atoms. The van der Waals surface area contributed by atoms with Gasteiger partial charge < -0.3 is 15.4 Å². The fraction of sp³-hybridized carbons (Fsp3) is 0.450. The van der Waals surface area contributed by atoms with E-state index in [1.54, 1.807) is 0 Å². The van der Waals surface area contributed by atoms with Crippen LogP contribution >= 0.6 is 0 Å². The minimum Gasteiger partial charge on any atom is -0.445 e. The Morgan fingerprint density at radius 2 is 1.83 bits per heavy atom. The molecule has 2 aliphatic carbocycles. The van der Waals surface area contributed by atoms with E-state index in [1.165, 1.54) is 5.70 Å². The maximum Gasteiger partial charge on any atom is 0.407 e. The lowest BCUT2D eigenvalue weighted by Crippen LogP contribution is -2.42. The van der Waals surface area contributed by atoms with Crippen LogP contribution in [-0.2, 0) is 11.3 Å². The van der Waals surface area contributed by atoms with Gasteiger partial charge in [-0.25, -0.2) is 4.79 Å². The SMILES string of the molecule is O=C(NC1CCC(NC2=CC=CCC2)CC1)OCc1ccccc1. The van der Waals surface area contributed by atoms with Gasteiger partial charge in [-0.1, -0.05) is 42.5 Å². The van der Waals surface area contributed by atoms with Gasteiger partial charge in [0, 0.05) is 17.8 Å². The molecule has 1 saturated carbocycles. The van der Waals surface area contributed by atoms with Crippen LogP contribution in [0.25, 0.3) is 0 Å². The van der Waals surface area contributed by atoms with Crippen LogP contribution in [0.4, 0.5) is 4.79 Å². The Kier molecular flexibility index (Phi) is 5.94. The maximum atomic E-state index is 11.9. The van der Waals surface area contributed by atoms with Crippen LogP contribution in [0.1, 0.15) is 44.1 Å². The Balaban J connectivity index is 1.35. The Morgan fingerprint density at radius 3 is 2.54 bits per heavy atom. The third-order valence-corrected chi connectivity index (χ3v) is 4.67. The van der Waals surface area contributed by atoms with Gasteiger partial charge in [-0.05, 0) is 50.2 Å². The van der Waals surface area contributed by atoms with Crippen molar-refractivity contribution in [2.45, 2.75) is 57.2 Å². The van der Waals surface area contributed by atoms with Crippen molar-refractivity contribution in [1.29, 1.82) is 0 Å². The molecule has 1 aromatic rings. The van der Waals surface area contributed by atoms with E-state index >= 15 is 0 Å². The highest BCUT2D eigenvalue weighted by Crippen LogP contribution is 2.21. The van der Waals surface area contributed by atoms with E-state index in [9.17, 15) is 4.79 Å². The number of hydrogen-bond donors (Lipinski definition) is 2. The molecule has 0 atom stereocenters. The van der Waals surface area contributed by atoms with Crippen molar-refractivity contribution < 1.29 is 9.53 Å². The highest BCUT2D eigenvalue weighted by atomic mass is 16.5. The van der Waals surface area contributed by atoms with Crippen LogP contribution < -0.4 is 10.6 Å². The predicted octanol–water partition coefficient (Wildman–Crippen LogP) is 4.05. The number of hydrogen-bond acceptors (Lipinski definition) is 3. The highest BCUT2D eigenvalue weighted by Gasteiger charge is 2.23. The predicted molar refractivity (Wildman–Crippen MR) is 95.4 cm³/mol. The summed E-state index contributed by atoms with van der Waals surface area (Å²) in [6.45, 7) is 0.325. The number of amides is 1. The molecule has 2 N–H and O–H groups in total. The van der Waals surface area contributed by atoms with Crippen molar-refractivity contribution in [1.82, 2.24) is 10.6 Å². The molecule has 128 valence electrons. The van der Waals surface area contributed by atoms with Gasteiger partial charge in [0.25, 0.3) is 0 Å². The van der Waals surface area contributed by atoms with Crippen molar-refractivity contribution in [2.24, 2.45) is 0 Å². The summed E-state index contributed by atoms with van der Waals surface area (Å²) in [5.74, 6) is 0. The Morgan fingerprint density at radius 1 is 1.08 bits per heavy atom. The van der Waals surface area contributed by atoms with Crippen molar-refractivity contribution in [3.8, 4) is 0 Å². The quantitative estimate of drug-likeness (QED) is 0.858. The first-order chi connectivity index (χ1) is 11.8. The molecule has 0 aliphatic heterocycles. The molecular formula is C20H26N2O2. The van der Waals surface area contributed by atoms with Gasteiger partial charge in [0.15, 0.2) is 0 Å². The number of alkyl carbamates (subject to hydrolysis) is 1. The van der Waals surface area contributed by atoms with E-state index in [1.807, 2.05) is 30.3 Å². The maximum absolute atomic E-state index is 11.9. The summed E-state index contributed by atoms with van der Waals surface area (Å²) in [6, 6.07) is 10.5. The van der Waals surface area contributed by atoms with E-state index in [-0.39, 0.29) is 12.1 Å². The van der Waals surface area contributed by atoms with Gasteiger partial charge in [-0.15, -0.1) is 0 Å². The fourth-order valence-electron chi connectivity index (χ4n) is 3.30. The zero-order chi connectivity index (χ0) is 16.6. The lowest BCUT2D eigenvalue weighted by atomic mass is 9.91. The summed E-state index contributed by atoms with van der Waals surface area (Å²) in [6.07, 6.45) is 12.6. The van der Waals surface area contributed by atoms with E-state index < -0.39 is 0 Å². The third-order valence-electron chi connectivity index (χ3n) is 4.67. The highest BCUT2D eigenvalue weighted by molar-refractivity contribution is 5.67. The summed E-state index contributed by atoms with van der Waals surface area (Å²) >= 11 is 0. The van der Waals surface area contributed by atoms with E-state index in [0.29, 0.717) is 12.6 Å². The monoisotopic (exact) mass is 326 g/mol. The zero-order valence-electron chi connectivity index (χ0n) is 14.0. The molecule has 2 aliphatic rings. The summed E-state index contributed by atoms with van der Waals surface area (Å²) in [4.78, 5) is 11.9. The van der Waals surface area contributed by atoms with Crippen LogP contribution in [0.15, 0.2) is 54.3 Å². The first-order valence-corrected chi connectivity index (χ1v) is 8.89. The van der Waals surface area contributed by atoms with Crippen molar-refractivity contribution in [3.63, 3.8) is 0 Å². The second-order valence-corrected chi connectivity index (χ2v) is 6.56. The number of nitrogens with one attached hydrogen (secondary N) is 2. The third kappa shape index (κ3) is 5.15. The fourth-order valence-corrected chi connectivity index (χ4v) is 3.30. The second-order valence-electron chi connectivity index (χ2n) is 6.56. The van der Waals surface area contributed by atoms with Crippen molar-refractivity contribution in [2.75, 3.05) is 0 Å². The van der Waals surface area contributed by atoms with Crippen molar-refractivity contribution in [3.05, 3.63) is 59.8 Å². The minimum absolute atomic E-state index is 0.228.